The molecular weight excluding hydrogens is 240 g/mol. The minimum Gasteiger partial charge on any atom is -0.508 e. The van der Waals surface area contributed by atoms with E-state index in [1.165, 1.54) is 0 Å². The summed E-state index contributed by atoms with van der Waals surface area (Å²) in [6.07, 6.45) is 0. The standard InChI is InChI=1S/2C6H6OS/c2*7-5-2-1-3-6(8)4-5/h2*1-4,7-8H. The van der Waals surface area contributed by atoms with Gasteiger partial charge in [-0.25, -0.2) is 0 Å². The molecule has 0 heterocycles. The van der Waals surface area contributed by atoms with Crippen molar-refractivity contribution in [3.63, 3.8) is 0 Å². The summed E-state index contributed by atoms with van der Waals surface area (Å²) in [7, 11) is 0. The second kappa shape index (κ2) is 6.35. The molecule has 0 aromatic heterocycles. The highest BCUT2D eigenvalue weighted by Crippen LogP contribution is 2.13. The highest BCUT2D eigenvalue weighted by Gasteiger charge is 1.84. The molecular formula is C12H12O2S2. The predicted molar refractivity (Wildman–Crippen MR) is 70.7 cm³/mol. The molecule has 0 spiro atoms. The van der Waals surface area contributed by atoms with Crippen LogP contribution in [0.2, 0.25) is 0 Å². The van der Waals surface area contributed by atoms with Gasteiger partial charge in [-0.15, -0.1) is 25.3 Å². The van der Waals surface area contributed by atoms with E-state index >= 15 is 0 Å². The molecule has 0 radical (unpaired) electrons. The van der Waals surface area contributed by atoms with E-state index in [9.17, 15) is 0 Å². The minimum atomic E-state index is 0.262. The normalized spacial score (nSPS) is 9.12. The number of thiol groups is 2. The van der Waals surface area contributed by atoms with Crippen LogP contribution < -0.4 is 0 Å². The van der Waals surface area contributed by atoms with Gasteiger partial charge in [-0.05, 0) is 36.4 Å². The van der Waals surface area contributed by atoms with E-state index in [4.69, 9.17) is 10.2 Å². The summed E-state index contributed by atoms with van der Waals surface area (Å²) in [4.78, 5) is 1.56. The van der Waals surface area contributed by atoms with Gasteiger partial charge < -0.3 is 10.2 Å². The smallest absolute Gasteiger partial charge is 0.116 e. The van der Waals surface area contributed by atoms with Crippen LogP contribution in [0.1, 0.15) is 0 Å². The third-order valence-corrected chi connectivity index (χ3v) is 2.22. The van der Waals surface area contributed by atoms with Gasteiger partial charge in [0.25, 0.3) is 0 Å². The molecule has 0 unspecified atom stereocenters. The number of rotatable bonds is 0. The lowest BCUT2D eigenvalue weighted by molar-refractivity contribution is 0.473. The zero-order chi connectivity index (χ0) is 12.0. The second-order valence-electron chi connectivity index (χ2n) is 3.04. The molecule has 0 saturated heterocycles. The van der Waals surface area contributed by atoms with Gasteiger partial charge in [0.1, 0.15) is 11.5 Å². The predicted octanol–water partition coefficient (Wildman–Crippen LogP) is 3.36. The fourth-order valence-corrected chi connectivity index (χ4v) is 1.42. The molecule has 0 amide bonds. The molecule has 0 fully saturated rings. The Labute approximate surface area is 105 Å². The maximum absolute atomic E-state index is 8.76. The molecule has 0 saturated carbocycles. The number of benzene rings is 2. The quantitative estimate of drug-likeness (QED) is 0.543. The molecule has 2 rings (SSSR count). The van der Waals surface area contributed by atoms with Crippen molar-refractivity contribution in [2.75, 3.05) is 0 Å². The molecule has 2 aromatic carbocycles. The Morgan fingerprint density at radius 2 is 1.06 bits per heavy atom. The zero-order valence-corrected chi connectivity index (χ0v) is 10.2. The van der Waals surface area contributed by atoms with Crippen molar-refractivity contribution in [2.24, 2.45) is 0 Å². The van der Waals surface area contributed by atoms with Crippen LogP contribution in [-0.4, -0.2) is 10.2 Å². The Hall–Kier alpha value is -1.26. The van der Waals surface area contributed by atoms with Crippen LogP contribution in [0.5, 0.6) is 11.5 Å². The Bertz CT molecular complexity index is 380. The van der Waals surface area contributed by atoms with E-state index < -0.39 is 0 Å². The van der Waals surface area contributed by atoms with Crippen LogP contribution in [0.25, 0.3) is 0 Å². The van der Waals surface area contributed by atoms with Crippen LogP contribution >= 0.6 is 25.3 Å². The molecule has 0 aliphatic rings. The number of hydrogen-bond acceptors (Lipinski definition) is 4. The average Bonchev–Trinajstić information content (AvgIpc) is 2.17. The molecule has 4 heteroatoms. The topological polar surface area (TPSA) is 40.5 Å². The Morgan fingerprint density at radius 1 is 0.688 bits per heavy atom. The molecule has 84 valence electrons. The number of hydrogen-bond donors (Lipinski definition) is 4. The largest absolute Gasteiger partial charge is 0.508 e. The van der Waals surface area contributed by atoms with Gasteiger partial charge >= 0.3 is 0 Å². The Balaban J connectivity index is 0.000000160. The first kappa shape index (κ1) is 12.8. The van der Waals surface area contributed by atoms with Crippen molar-refractivity contribution < 1.29 is 10.2 Å². The monoisotopic (exact) mass is 252 g/mol. The van der Waals surface area contributed by atoms with Crippen molar-refractivity contribution in [3.8, 4) is 11.5 Å². The fourth-order valence-electron chi connectivity index (χ4n) is 0.986. The van der Waals surface area contributed by atoms with Crippen molar-refractivity contribution >= 4 is 25.3 Å². The zero-order valence-electron chi connectivity index (χ0n) is 8.41. The highest BCUT2D eigenvalue weighted by molar-refractivity contribution is 7.80. The van der Waals surface area contributed by atoms with Crippen molar-refractivity contribution in [1.82, 2.24) is 0 Å². The molecule has 0 atom stereocenters. The van der Waals surface area contributed by atoms with Crippen molar-refractivity contribution in [1.29, 1.82) is 0 Å². The molecule has 0 aliphatic carbocycles. The summed E-state index contributed by atoms with van der Waals surface area (Å²) in [6.45, 7) is 0. The molecule has 2 aromatic rings. The van der Waals surface area contributed by atoms with Gasteiger partial charge in [-0.3, -0.25) is 0 Å². The van der Waals surface area contributed by atoms with E-state index in [2.05, 4.69) is 25.3 Å². The van der Waals surface area contributed by atoms with Crippen molar-refractivity contribution in [2.45, 2.75) is 9.79 Å². The van der Waals surface area contributed by atoms with Crippen LogP contribution in [-0.2, 0) is 0 Å². The number of aromatic hydroxyl groups is 2. The molecule has 0 bridgehead atoms. The lowest BCUT2D eigenvalue weighted by Crippen LogP contribution is -1.62. The number of phenols is 2. The van der Waals surface area contributed by atoms with Gasteiger partial charge in [0.2, 0.25) is 0 Å². The fraction of sp³-hybridized carbons (Fsp3) is 0. The third-order valence-electron chi connectivity index (χ3n) is 1.66. The molecule has 2 nitrogen and oxygen atoms in total. The molecule has 16 heavy (non-hydrogen) atoms. The van der Waals surface area contributed by atoms with Gasteiger partial charge in [-0.2, -0.15) is 0 Å². The van der Waals surface area contributed by atoms with E-state index in [0.29, 0.717) is 0 Å². The summed E-state index contributed by atoms with van der Waals surface area (Å²) in [5.74, 6) is 0.523. The first-order valence-electron chi connectivity index (χ1n) is 4.54. The third kappa shape index (κ3) is 5.00. The minimum absolute atomic E-state index is 0.262. The van der Waals surface area contributed by atoms with E-state index in [-0.39, 0.29) is 11.5 Å². The lowest BCUT2D eigenvalue weighted by Gasteiger charge is -1.89. The summed E-state index contributed by atoms with van der Waals surface area (Å²) < 4.78 is 0. The maximum Gasteiger partial charge on any atom is 0.116 e. The van der Waals surface area contributed by atoms with E-state index in [0.717, 1.165) is 9.79 Å². The summed E-state index contributed by atoms with van der Waals surface area (Å²) in [6, 6.07) is 13.5. The first-order chi connectivity index (χ1) is 7.58. The first-order valence-corrected chi connectivity index (χ1v) is 5.43. The molecule has 0 aliphatic heterocycles. The second-order valence-corrected chi connectivity index (χ2v) is 4.07. The maximum atomic E-state index is 8.76. The van der Waals surface area contributed by atoms with Gasteiger partial charge in [0, 0.05) is 9.79 Å². The summed E-state index contributed by atoms with van der Waals surface area (Å²) in [5.41, 5.74) is 0. The highest BCUT2D eigenvalue weighted by atomic mass is 32.1. The van der Waals surface area contributed by atoms with Crippen molar-refractivity contribution in [3.05, 3.63) is 48.5 Å². The van der Waals surface area contributed by atoms with Crippen LogP contribution in [0.15, 0.2) is 58.3 Å². The van der Waals surface area contributed by atoms with E-state index in [1.54, 1.807) is 36.4 Å². The van der Waals surface area contributed by atoms with Crippen LogP contribution in [0, 0.1) is 0 Å². The summed E-state index contributed by atoms with van der Waals surface area (Å²) in [5, 5.41) is 17.5. The SMILES string of the molecule is Oc1cccc(S)c1.Oc1cccc(S)c1. The van der Waals surface area contributed by atoms with Gasteiger partial charge in [0.15, 0.2) is 0 Å². The number of phenolic OH excluding ortho intramolecular Hbond substituents is 2. The van der Waals surface area contributed by atoms with Gasteiger partial charge in [0.05, 0.1) is 0 Å². The Kier molecular flexibility index (Phi) is 5.08. The average molecular weight is 252 g/mol. The lowest BCUT2D eigenvalue weighted by atomic mass is 10.3. The van der Waals surface area contributed by atoms with E-state index in [1.807, 2.05) is 12.1 Å². The van der Waals surface area contributed by atoms with Crippen LogP contribution in [0.3, 0.4) is 0 Å². The van der Waals surface area contributed by atoms with Crippen LogP contribution in [0.4, 0.5) is 0 Å². The Morgan fingerprint density at radius 3 is 1.25 bits per heavy atom. The van der Waals surface area contributed by atoms with Gasteiger partial charge in [-0.1, -0.05) is 12.1 Å². The summed E-state index contributed by atoms with van der Waals surface area (Å²) >= 11 is 7.99. The molecule has 2 N–H and O–H groups in total.